The van der Waals surface area contributed by atoms with Gasteiger partial charge in [0.05, 0.1) is 18.6 Å². The van der Waals surface area contributed by atoms with Crippen LogP contribution in [0.15, 0.2) is 83.8 Å². The summed E-state index contributed by atoms with van der Waals surface area (Å²) >= 11 is 7.78. The normalized spacial score (nSPS) is 14.8. The van der Waals surface area contributed by atoms with Gasteiger partial charge in [0, 0.05) is 3.57 Å². The van der Waals surface area contributed by atoms with Gasteiger partial charge in [-0.1, -0.05) is 54.6 Å². The smallest absolute Gasteiger partial charge is 0.293 e. The molecule has 0 aliphatic carbocycles. The predicted octanol–water partition coefficient (Wildman–Crippen LogP) is 8.47. The van der Waals surface area contributed by atoms with E-state index in [9.17, 15) is 9.59 Å². The summed E-state index contributed by atoms with van der Waals surface area (Å²) in [5, 5.41) is 1.89. The fraction of sp³-hybridized carbons (Fsp3) is 0.0714. The van der Waals surface area contributed by atoms with Gasteiger partial charge in [-0.2, -0.15) is 0 Å². The summed E-state index contributed by atoms with van der Waals surface area (Å²) < 4.78 is 9.19. The molecular formula is C28H18I3NO3S. The van der Waals surface area contributed by atoms with Crippen molar-refractivity contribution in [3.8, 4) is 5.75 Å². The maximum absolute atomic E-state index is 13.2. The summed E-state index contributed by atoms with van der Waals surface area (Å²) in [6.45, 7) is 0.735. The fourth-order valence-corrected chi connectivity index (χ4v) is 7.25. The molecule has 1 fully saturated rings. The van der Waals surface area contributed by atoms with Gasteiger partial charge >= 0.3 is 0 Å². The van der Waals surface area contributed by atoms with Crippen LogP contribution in [-0.2, 0) is 17.9 Å². The van der Waals surface area contributed by atoms with E-state index in [-0.39, 0.29) is 17.7 Å². The van der Waals surface area contributed by atoms with Crippen molar-refractivity contribution in [3.05, 3.63) is 111 Å². The molecule has 0 N–H and O–H groups in total. The minimum absolute atomic E-state index is 0.249. The molecule has 180 valence electrons. The minimum atomic E-state index is -0.262. The van der Waals surface area contributed by atoms with Gasteiger partial charge in [0.15, 0.2) is 0 Å². The number of halogens is 3. The Morgan fingerprint density at radius 2 is 1.56 bits per heavy atom. The zero-order valence-electron chi connectivity index (χ0n) is 18.7. The number of carbonyl (C=O) groups excluding carboxylic acids is 2. The third-order valence-electron chi connectivity index (χ3n) is 5.70. The second-order valence-corrected chi connectivity index (χ2v) is 12.7. The Bertz CT molecular complexity index is 1490. The second kappa shape index (κ2) is 11.4. The number of fused-ring (bicyclic) bond motifs is 1. The summed E-state index contributed by atoms with van der Waals surface area (Å²) in [6, 6.07) is 26.2. The second-order valence-electron chi connectivity index (χ2n) is 8.13. The fourth-order valence-electron chi connectivity index (χ4n) is 3.93. The van der Waals surface area contributed by atoms with Gasteiger partial charge < -0.3 is 4.74 Å². The molecular weight excluding hydrogens is 811 g/mol. The van der Waals surface area contributed by atoms with E-state index in [4.69, 9.17) is 4.74 Å². The number of benzene rings is 4. The average Bonchev–Trinajstić information content (AvgIpc) is 3.12. The lowest BCUT2D eigenvalue weighted by Gasteiger charge is -2.14. The molecule has 2 amide bonds. The topological polar surface area (TPSA) is 46.6 Å². The van der Waals surface area contributed by atoms with Crippen molar-refractivity contribution in [2.75, 3.05) is 0 Å². The molecule has 1 aliphatic heterocycles. The van der Waals surface area contributed by atoms with E-state index in [1.165, 1.54) is 8.47 Å². The SMILES string of the molecule is O=C1S/C(=C/c2cc(I)c(OCc3ccc(I)cc3)c(I)c2)C(=O)N1Cc1cccc2ccccc12. The zero-order valence-corrected chi connectivity index (χ0v) is 26.0. The highest BCUT2D eigenvalue weighted by Gasteiger charge is 2.35. The van der Waals surface area contributed by atoms with Gasteiger partial charge in [0.25, 0.3) is 11.1 Å². The van der Waals surface area contributed by atoms with Gasteiger partial charge in [0.1, 0.15) is 12.4 Å². The number of hydrogen-bond acceptors (Lipinski definition) is 4. The van der Waals surface area contributed by atoms with Crippen molar-refractivity contribution in [2.24, 2.45) is 0 Å². The Kier molecular flexibility index (Phi) is 8.23. The predicted molar refractivity (Wildman–Crippen MR) is 171 cm³/mol. The number of imide groups is 1. The van der Waals surface area contributed by atoms with Crippen LogP contribution in [-0.4, -0.2) is 16.0 Å². The molecule has 5 rings (SSSR count). The molecule has 0 spiro atoms. The van der Waals surface area contributed by atoms with Crippen LogP contribution in [0.5, 0.6) is 5.75 Å². The number of hydrogen-bond donors (Lipinski definition) is 0. The summed E-state index contributed by atoms with van der Waals surface area (Å²) in [5.41, 5.74) is 2.92. The molecule has 0 bridgehead atoms. The maximum Gasteiger partial charge on any atom is 0.293 e. The van der Waals surface area contributed by atoms with Crippen LogP contribution in [0.1, 0.15) is 16.7 Å². The summed E-state index contributed by atoms with van der Waals surface area (Å²) in [7, 11) is 0. The molecule has 36 heavy (non-hydrogen) atoms. The lowest BCUT2D eigenvalue weighted by Crippen LogP contribution is -2.27. The van der Waals surface area contributed by atoms with Gasteiger partial charge in [-0.05, 0) is 137 Å². The quantitative estimate of drug-likeness (QED) is 0.145. The third kappa shape index (κ3) is 5.76. The molecule has 0 aromatic heterocycles. The molecule has 1 aliphatic rings. The number of rotatable bonds is 6. The monoisotopic (exact) mass is 829 g/mol. The Labute approximate surface area is 254 Å². The van der Waals surface area contributed by atoms with Gasteiger partial charge in [-0.3, -0.25) is 14.5 Å². The molecule has 4 aromatic carbocycles. The first-order valence-corrected chi connectivity index (χ1v) is 15.0. The van der Waals surface area contributed by atoms with E-state index in [2.05, 4.69) is 92.0 Å². The minimum Gasteiger partial charge on any atom is -0.487 e. The van der Waals surface area contributed by atoms with E-state index in [0.717, 1.165) is 52.1 Å². The zero-order chi connectivity index (χ0) is 25.2. The van der Waals surface area contributed by atoms with Crippen LogP contribution >= 0.6 is 79.5 Å². The van der Waals surface area contributed by atoms with Gasteiger partial charge in [-0.25, -0.2) is 0 Å². The van der Waals surface area contributed by atoms with E-state index in [1.807, 2.05) is 54.6 Å². The Balaban J connectivity index is 1.34. The highest BCUT2D eigenvalue weighted by molar-refractivity contribution is 14.1. The molecule has 8 heteroatoms. The highest BCUT2D eigenvalue weighted by Crippen LogP contribution is 2.36. The number of nitrogens with zero attached hydrogens (tertiary/aromatic N) is 1. The van der Waals surface area contributed by atoms with Gasteiger partial charge in [-0.15, -0.1) is 0 Å². The van der Waals surface area contributed by atoms with Crippen molar-refractivity contribution in [3.63, 3.8) is 0 Å². The molecule has 0 unspecified atom stereocenters. The van der Waals surface area contributed by atoms with Crippen molar-refractivity contribution < 1.29 is 14.3 Å². The van der Waals surface area contributed by atoms with Crippen LogP contribution in [0.4, 0.5) is 4.79 Å². The van der Waals surface area contributed by atoms with Crippen LogP contribution in [0.2, 0.25) is 0 Å². The first-order valence-electron chi connectivity index (χ1n) is 11.0. The summed E-state index contributed by atoms with van der Waals surface area (Å²) in [4.78, 5) is 27.7. The number of carbonyl (C=O) groups is 2. The van der Waals surface area contributed by atoms with Crippen LogP contribution < -0.4 is 4.74 Å². The summed E-state index contributed by atoms with van der Waals surface area (Å²) in [5.74, 6) is 0.554. The van der Waals surface area contributed by atoms with Crippen LogP contribution in [0.3, 0.4) is 0 Å². The molecule has 0 atom stereocenters. The van der Waals surface area contributed by atoms with Crippen molar-refractivity contribution in [1.82, 2.24) is 4.90 Å². The third-order valence-corrected chi connectivity index (χ3v) is 8.93. The first kappa shape index (κ1) is 26.0. The maximum atomic E-state index is 13.2. The Morgan fingerprint density at radius 1 is 0.861 bits per heavy atom. The van der Waals surface area contributed by atoms with Crippen molar-refractivity contribution in [2.45, 2.75) is 13.2 Å². The molecule has 4 aromatic rings. The standard InChI is InChI=1S/C28H18I3NO3S/c29-21-10-8-17(9-11-21)16-35-26-23(30)12-18(13-24(26)31)14-25-27(33)32(28(34)36-25)15-20-6-3-5-19-4-1-2-7-22(19)20/h1-14H,15-16H2/b25-14+. The van der Waals surface area contributed by atoms with E-state index in [1.54, 1.807) is 6.08 Å². The first-order chi connectivity index (χ1) is 17.4. The highest BCUT2D eigenvalue weighted by atomic mass is 127. The van der Waals surface area contributed by atoms with Gasteiger partial charge in [0.2, 0.25) is 0 Å². The van der Waals surface area contributed by atoms with E-state index in [0.29, 0.717) is 11.5 Å². The largest absolute Gasteiger partial charge is 0.487 e. The molecule has 1 saturated heterocycles. The van der Waals surface area contributed by atoms with Crippen LogP contribution in [0, 0.1) is 10.7 Å². The molecule has 0 radical (unpaired) electrons. The molecule has 0 saturated carbocycles. The van der Waals surface area contributed by atoms with Crippen molar-refractivity contribution in [1.29, 1.82) is 0 Å². The summed E-state index contributed by atoms with van der Waals surface area (Å²) in [6.07, 6.45) is 1.79. The number of amides is 2. The number of ether oxygens (including phenoxy) is 1. The Hall–Kier alpha value is -1.64. The average molecular weight is 829 g/mol. The molecule has 1 heterocycles. The molecule has 4 nitrogen and oxygen atoms in total. The van der Waals surface area contributed by atoms with Crippen LogP contribution in [0.25, 0.3) is 16.8 Å². The Morgan fingerprint density at radius 3 is 2.31 bits per heavy atom. The van der Waals surface area contributed by atoms with E-state index < -0.39 is 0 Å². The lowest BCUT2D eigenvalue weighted by molar-refractivity contribution is -0.123. The van der Waals surface area contributed by atoms with Crippen molar-refractivity contribution >= 4 is 108 Å². The number of thioether (sulfide) groups is 1. The van der Waals surface area contributed by atoms with E-state index >= 15 is 0 Å². The lowest BCUT2D eigenvalue weighted by atomic mass is 10.0.